The Kier molecular flexibility index (Phi) is 7.62. The van der Waals surface area contributed by atoms with E-state index in [4.69, 9.17) is 4.74 Å². The van der Waals surface area contributed by atoms with E-state index < -0.39 is 34.6 Å². The minimum atomic E-state index is -1.03. The van der Waals surface area contributed by atoms with Crippen LogP contribution in [0, 0.1) is 11.6 Å². The summed E-state index contributed by atoms with van der Waals surface area (Å²) >= 11 is 0. The fraction of sp³-hybridized carbons (Fsp3) is 0.407. The van der Waals surface area contributed by atoms with Crippen molar-refractivity contribution in [2.24, 2.45) is 0 Å². The van der Waals surface area contributed by atoms with Gasteiger partial charge in [-0.3, -0.25) is 9.59 Å². The number of rotatable bonds is 10. The number of nitrogens with one attached hydrogen (secondary N) is 2. The van der Waals surface area contributed by atoms with Gasteiger partial charge in [-0.25, -0.2) is 8.78 Å². The van der Waals surface area contributed by atoms with E-state index in [0.717, 1.165) is 31.7 Å². The highest BCUT2D eigenvalue weighted by Gasteiger charge is 2.29. The van der Waals surface area contributed by atoms with Crippen molar-refractivity contribution in [3.8, 4) is 5.75 Å². The van der Waals surface area contributed by atoms with Gasteiger partial charge in [-0.05, 0) is 66.5 Å². The molecule has 0 heterocycles. The first-order valence-electron chi connectivity index (χ1n) is 11.9. The Morgan fingerprint density at radius 3 is 2.51 bits per heavy atom. The standard InChI is InChI=1S/C27H30F2N2O4/c1-3-15-7-8-17-5-4-6-21(20(17)11-15)30-14-23(32)22(12-16-9-18(28)13-19(29)10-16)31-24-25(33)26(34)27(24)35-2/h7-11,13,21-23,30-32H,3-6,12,14H2,1-2H3. The van der Waals surface area contributed by atoms with Crippen LogP contribution in [0.4, 0.5) is 14.5 Å². The van der Waals surface area contributed by atoms with Crippen molar-refractivity contribution in [1.29, 1.82) is 0 Å². The van der Waals surface area contributed by atoms with Crippen molar-refractivity contribution in [1.82, 2.24) is 5.32 Å². The first-order valence-corrected chi connectivity index (χ1v) is 11.9. The van der Waals surface area contributed by atoms with Crippen LogP contribution in [0.2, 0.25) is 0 Å². The normalized spacial score (nSPS) is 17.1. The van der Waals surface area contributed by atoms with Crippen molar-refractivity contribution >= 4 is 5.69 Å². The summed E-state index contributed by atoms with van der Waals surface area (Å²) in [6, 6.07) is 8.92. The third-order valence-corrected chi connectivity index (χ3v) is 6.75. The molecule has 3 atom stereocenters. The van der Waals surface area contributed by atoms with E-state index in [-0.39, 0.29) is 30.4 Å². The van der Waals surface area contributed by atoms with Crippen LogP contribution in [0.15, 0.2) is 46.0 Å². The van der Waals surface area contributed by atoms with Crippen LogP contribution in [-0.2, 0) is 19.3 Å². The van der Waals surface area contributed by atoms with Crippen LogP contribution in [0.5, 0.6) is 5.75 Å². The van der Waals surface area contributed by atoms with E-state index in [9.17, 15) is 23.5 Å². The van der Waals surface area contributed by atoms with Crippen LogP contribution in [-0.4, -0.2) is 30.9 Å². The van der Waals surface area contributed by atoms with E-state index in [2.05, 4.69) is 35.8 Å². The lowest BCUT2D eigenvalue weighted by molar-refractivity contribution is 0.143. The second kappa shape index (κ2) is 10.7. The van der Waals surface area contributed by atoms with E-state index in [1.54, 1.807) is 0 Å². The summed E-state index contributed by atoms with van der Waals surface area (Å²) < 4.78 is 32.6. The second-order valence-electron chi connectivity index (χ2n) is 9.11. The number of anilines is 1. The van der Waals surface area contributed by atoms with Crippen LogP contribution < -0.4 is 26.2 Å². The van der Waals surface area contributed by atoms with Gasteiger partial charge in [0.1, 0.15) is 17.3 Å². The van der Waals surface area contributed by atoms with Gasteiger partial charge in [0.15, 0.2) is 5.75 Å². The molecule has 6 nitrogen and oxygen atoms in total. The lowest BCUT2D eigenvalue weighted by Crippen LogP contribution is -2.46. The summed E-state index contributed by atoms with van der Waals surface area (Å²) in [6.07, 6.45) is 2.89. The second-order valence-corrected chi connectivity index (χ2v) is 9.11. The summed E-state index contributed by atoms with van der Waals surface area (Å²) in [6.45, 7) is 2.28. The Morgan fingerprint density at radius 1 is 1.09 bits per heavy atom. The van der Waals surface area contributed by atoms with Gasteiger partial charge in [0.2, 0.25) is 0 Å². The van der Waals surface area contributed by atoms with Gasteiger partial charge in [-0.2, -0.15) is 0 Å². The van der Waals surface area contributed by atoms with Crippen molar-refractivity contribution in [3.63, 3.8) is 0 Å². The highest BCUT2D eigenvalue weighted by atomic mass is 19.1. The maximum atomic E-state index is 13.8. The Hall–Kier alpha value is -3.10. The zero-order valence-electron chi connectivity index (χ0n) is 19.9. The van der Waals surface area contributed by atoms with Crippen LogP contribution in [0.1, 0.15) is 48.1 Å². The fourth-order valence-electron chi connectivity index (χ4n) is 4.83. The molecule has 3 aromatic rings. The summed E-state index contributed by atoms with van der Waals surface area (Å²) in [7, 11) is 1.28. The number of aryl methyl sites for hydroxylation is 2. The Morgan fingerprint density at radius 2 is 1.83 bits per heavy atom. The van der Waals surface area contributed by atoms with Gasteiger partial charge in [-0.1, -0.05) is 25.1 Å². The molecule has 1 aliphatic rings. The van der Waals surface area contributed by atoms with Gasteiger partial charge >= 0.3 is 0 Å². The fourth-order valence-corrected chi connectivity index (χ4v) is 4.83. The summed E-state index contributed by atoms with van der Waals surface area (Å²) in [5.74, 6) is -1.58. The van der Waals surface area contributed by atoms with Crippen molar-refractivity contribution in [2.45, 2.75) is 57.2 Å². The summed E-state index contributed by atoms with van der Waals surface area (Å²) in [5.41, 5.74) is 2.55. The molecule has 0 radical (unpaired) electrons. The molecule has 0 amide bonds. The molecule has 35 heavy (non-hydrogen) atoms. The van der Waals surface area contributed by atoms with Gasteiger partial charge in [0.05, 0.1) is 19.3 Å². The van der Waals surface area contributed by atoms with Crippen molar-refractivity contribution < 1.29 is 18.6 Å². The molecule has 3 unspecified atom stereocenters. The number of fused-ring (bicyclic) bond motifs is 1. The monoisotopic (exact) mass is 484 g/mol. The average Bonchev–Trinajstić information content (AvgIpc) is 2.85. The molecule has 0 saturated heterocycles. The SMILES string of the molecule is CCc1ccc2c(c1)C(NCC(O)C(Cc1cc(F)cc(F)c1)Nc1c(OC)c(=O)c1=O)CCC2. The third-order valence-electron chi connectivity index (χ3n) is 6.75. The van der Waals surface area contributed by atoms with Crippen molar-refractivity contribution in [3.05, 3.63) is 90.7 Å². The van der Waals surface area contributed by atoms with Gasteiger partial charge in [-0.15, -0.1) is 0 Å². The van der Waals surface area contributed by atoms with Gasteiger partial charge < -0.3 is 20.5 Å². The number of aliphatic hydroxyl groups is 1. The Bertz CT molecular complexity index is 1250. The maximum absolute atomic E-state index is 13.8. The van der Waals surface area contributed by atoms with E-state index in [1.807, 2.05) is 0 Å². The molecule has 8 heteroatoms. The number of methoxy groups -OCH3 is 1. The largest absolute Gasteiger partial charge is 0.491 e. The molecule has 0 spiro atoms. The average molecular weight is 485 g/mol. The zero-order chi connectivity index (χ0) is 25.1. The van der Waals surface area contributed by atoms with Crippen LogP contribution >= 0.6 is 0 Å². The quantitative estimate of drug-likeness (QED) is 0.383. The lowest BCUT2D eigenvalue weighted by atomic mass is 9.86. The summed E-state index contributed by atoms with van der Waals surface area (Å²) in [4.78, 5) is 23.8. The molecule has 4 rings (SSSR count). The molecular formula is C27H30F2N2O4. The molecule has 186 valence electrons. The summed E-state index contributed by atoms with van der Waals surface area (Å²) in [5, 5.41) is 17.4. The number of benzene rings is 2. The molecule has 0 bridgehead atoms. The number of halogens is 2. The minimum Gasteiger partial charge on any atom is -0.491 e. The smallest absolute Gasteiger partial charge is 0.271 e. The van der Waals surface area contributed by atoms with Crippen LogP contribution in [0.3, 0.4) is 0 Å². The molecule has 0 aromatic heterocycles. The molecule has 3 N–H and O–H groups in total. The number of hydrogen-bond donors (Lipinski definition) is 3. The number of aliphatic hydroxyl groups excluding tert-OH is 1. The molecule has 0 saturated carbocycles. The van der Waals surface area contributed by atoms with Crippen molar-refractivity contribution in [2.75, 3.05) is 19.0 Å². The Labute approximate surface area is 202 Å². The zero-order valence-corrected chi connectivity index (χ0v) is 19.9. The first-order chi connectivity index (χ1) is 16.8. The lowest BCUT2D eigenvalue weighted by Gasteiger charge is -2.31. The number of ether oxygens (including phenoxy) is 1. The molecule has 3 aromatic carbocycles. The molecule has 1 aliphatic carbocycles. The Balaban J connectivity index is 1.53. The highest BCUT2D eigenvalue weighted by Crippen LogP contribution is 2.31. The van der Waals surface area contributed by atoms with Gasteiger partial charge in [0, 0.05) is 18.7 Å². The predicted molar refractivity (Wildman–Crippen MR) is 131 cm³/mol. The highest BCUT2D eigenvalue weighted by molar-refractivity contribution is 5.62. The van der Waals surface area contributed by atoms with E-state index in [1.165, 1.54) is 35.9 Å². The first kappa shape index (κ1) is 25.0. The molecule has 0 aliphatic heterocycles. The third kappa shape index (κ3) is 5.44. The maximum Gasteiger partial charge on any atom is 0.271 e. The van der Waals surface area contributed by atoms with E-state index in [0.29, 0.717) is 5.56 Å². The molecular weight excluding hydrogens is 454 g/mol. The van der Waals surface area contributed by atoms with Crippen LogP contribution in [0.25, 0.3) is 0 Å². The van der Waals surface area contributed by atoms with E-state index >= 15 is 0 Å². The predicted octanol–water partition coefficient (Wildman–Crippen LogP) is 3.18. The minimum absolute atomic E-state index is 0.0285. The molecule has 0 fully saturated rings. The topological polar surface area (TPSA) is 87.7 Å². The number of hydrogen-bond acceptors (Lipinski definition) is 6. The van der Waals surface area contributed by atoms with Gasteiger partial charge in [0.25, 0.3) is 10.9 Å².